The molecule has 0 saturated carbocycles. The smallest absolute Gasteiger partial charge is 0.223 e. The van der Waals surface area contributed by atoms with Crippen LogP contribution in [0.5, 0.6) is 0 Å². The van der Waals surface area contributed by atoms with Crippen LogP contribution in [-0.2, 0) is 4.79 Å². The van der Waals surface area contributed by atoms with E-state index in [0.29, 0.717) is 6.42 Å². The van der Waals surface area contributed by atoms with Crippen LogP contribution in [0.15, 0.2) is 24.3 Å². The molecular formula is C17H25ClN2O. The Morgan fingerprint density at radius 3 is 2.90 bits per heavy atom. The van der Waals surface area contributed by atoms with Crippen molar-refractivity contribution in [3.63, 3.8) is 0 Å². The van der Waals surface area contributed by atoms with E-state index in [1.54, 1.807) is 0 Å². The second-order valence-electron chi connectivity index (χ2n) is 6.56. The Morgan fingerprint density at radius 2 is 2.24 bits per heavy atom. The Bertz CT molecular complexity index is 501. The van der Waals surface area contributed by atoms with Crippen LogP contribution in [0.1, 0.15) is 45.2 Å². The third-order valence-electron chi connectivity index (χ3n) is 4.38. The van der Waals surface area contributed by atoms with E-state index >= 15 is 0 Å². The van der Waals surface area contributed by atoms with Crippen molar-refractivity contribution in [3.8, 4) is 0 Å². The maximum Gasteiger partial charge on any atom is 0.223 e. The van der Waals surface area contributed by atoms with Gasteiger partial charge in [0.05, 0.1) is 6.04 Å². The minimum Gasteiger partial charge on any atom is -0.333 e. The molecule has 4 heteroatoms. The molecule has 116 valence electrons. The van der Waals surface area contributed by atoms with E-state index in [0.717, 1.165) is 36.6 Å². The van der Waals surface area contributed by atoms with Gasteiger partial charge in [-0.05, 0) is 23.1 Å². The second kappa shape index (κ2) is 6.80. The van der Waals surface area contributed by atoms with Crippen molar-refractivity contribution in [1.82, 2.24) is 10.2 Å². The molecule has 1 saturated heterocycles. The van der Waals surface area contributed by atoms with E-state index in [4.69, 9.17) is 11.6 Å². The summed E-state index contributed by atoms with van der Waals surface area (Å²) in [6.07, 6.45) is 1.60. The molecule has 0 bridgehead atoms. The van der Waals surface area contributed by atoms with Crippen LogP contribution in [-0.4, -0.2) is 30.4 Å². The summed E-state index contributed by atoms with van der Waals surface area (Å²) in [5, 5.41) is 4.10. The van der Waals surface area contributed by atoms with Crippen LogP contribution in [0.4, 0.5) is 0 Å². The lowest BCUT2D eigenvalue weighted by Gasteiger charge is -2.38. The van der Waals surface area contributed by atoms with E-state index in [-0.39, 0.29) is 17.4 Å². The van der Waals surface area contributed by atoms with Crippen molar-refractivity contribution in [2.75, 3.05) is 19.6 Å². The van der Waals surface area contributed by atoms with Crippen molar-refractivity contribution in [3.05, 3.63) is 34.9 Å². The quantitative estimate of drug-likeness (QED) is 0.921. The molecule has 21 heavy (non-hydrogen) atoms. The number of rotatable bonds is 4. The molecular weight excluding hydrogens is 284 g/mol. The number of piperazine rings is 1. The lowest BCUT2D eigenvalue weighted by molar-refractivity contribution is -0.136. The lowest BCUT2D eigenvalue weighted by atomic mass is 9.85. The molecule has 1 fully saturated rings. The zero-order valence-electron chi connectivity index (χ0n) is 13.2. The minimum absolute atomic E-state index is 0.0564. The number of nitrogens with one attached hydrogen (secondary N) is 1. The van der Waals surface area contributed by atoms with Crippen LogP contribution in [0.3, 0.4) is 0 Å². The van der Waals surface area contributed by atoms with Crippen LogP contribution >= 0.6 is 11.6 Å². The average molecular weight is 309 g/mol. The first kappa shape index (κ1) is 16.3. The summed E-state index contributed by atoms with van der Waals surface area (Å²) in [6.45, 7) is 8.85. The zero-order valence-corrected chi connectivity index (χ0v) is 13.9. The van der Waals surface area contributed by atoms with Gasteiger partial charge in [-0.1, -0.05) is 50.9 Å². The van der Waals surface area contributed by atoms with Crippen LogP contribution in [0.2, 0.25) is 5.02 Å². The molecule has 1 aliphatic rings. The molecule has 2 rings (SSSR count). The molecule has 1 unspecified atom stereocenters. The molecule has 1 aliphatic heterocycles. The molecule has 1 N–H and O–H groups in total. The number of hydrogen-bond donors (Lipinski definition) is 1. The number of benzene rings is 1. The van der Waals surface area contributed by atoms with Crippen molar-refractivity contribution < 1.29 is 4.79 Å². The molecule has 1 amide bonds. The first-order valence-corrected chi connectivity index (χ1v) is 8.06. The third-order valence-corrected chi connectivity index (χ3v) is 4.62. The molecule has 0 spiro atoms. The lowest BCUT2D eigenvalue weighted by Crippen LogP contribution is -2.49. The molecule has 1 aromatic carbocycles. The molecule has 1 aromatic rings. The topological polar surface area (TPSA) is 32.3 Å². The van der Waals surface area contributed by atoms with E-state index in [1.807, 2.05) is 23.1 Å². The zero-order chi connectivity index (χ0) is 15.5. The number of amides is 1. The number of halogens is 1. The monoisotopic (exact) mass is 308 g/mol. The van der Waals surface area contributed by atoms with Gasteiger partial charge in [0.2, 0.25) is 5.91 Å². The molecule has 3 nitrogen and oxygen atoms in total. The van der Waals surface area contributed by atoms with E-state index in [1.165, 1.54) is 0 Å². The Balaban J connectivity index is 2.17. The first-order chi connectivity index (χ1) is 9.93. The van der Waals surface area contributed by atoms with Crippen LogP contribution in [0, 0.1) is 5.41 Å². The maximum absolute atomic E-state index is 12.7. The van der Waals surface area contributed by atoms with Gasteiger partial charge in [-0.25, -0.2) is 0 Å². The van der Waals surface area contributed by atoms with Crippen molar-refractivity contribution in [2.45, 2.75) is 39.7 Å². The van der Waals surface area contributed by atoms with Crippen LogP contribution < -0.4 is 5.32 Å². The van der Waals surface area contributed by atoms with Gasteiger partial charge in [0, 0.05) is 31.1 Å². The fraction of sp³-hybridized carbons (Fsp3) is 0.588. The normalized spacial score (nSPS) is 19.6. The molecule has 1 atom stereocenters. The summed E-state index contributed by atoms with van der Waals surface area (Å²) >= 11 is 6.10. The third kappa shape index (κ3) is 4.21. The number of hydrogen-bond acceptors (Lipinski definition) is 2. The first-order valence-electron chi connectivity index (χ1n) is 7.68. The fourth-order valence-electron chi connectivity index (χ4n) is 2.65. The summed E-state index contributed by atoms with van der Waals surface area (Å²) < 4.78 is 0. The largest absolute Gasteiger partial charge is 0.333 e. The predicted molar refractivity (Wildman–Crippen MR) is 87.5 cm³/mol. The van der Waals surface area contributed by atoms with Crippen molar-refractivity contribution in [2.24, 2.45) is 5.41 Å². The minimum atomic E-state index is 0.0564. The Morgan fingerprint density at radius 1 is 1.48 bits per heavy atom. The van der Waals surface area contributed by atoms with Gasteiger partial charge < -0.3 is 10.2 Å². The summed E-state index contributed by atoms with van der Waals surface area (Å²) in [7, 11) is 0. The highest BCUT2D eigenvalue weighted by atomic mass is 35.5. The molecule has 1 heterocycles. The average Bonchev–Trinajstić information content (AvgIpc) is 2.47. The second-order valence-corrected chi connectivity index (χ2v) is 6.99. The number of carbonyl (C=O) groups is 1. The summed E-state index contributed by atoms with van der Waals surface area (Å²) in [5.74, 6) is 0.244. The highest BCUT2D eigenvalue weighted by Crippen LogP contribution is 2.30. The van der Waals surface area contributed by atoms with Crippen molar-refractivity contribution >= 4 is 17.5 Å². The summed E-state index contributed by atoms with van der Waals surface area (Å²) in [4.78, 5) is 14.7. The van der Waals surface area contributed by atoms with E-state index in [2.05, 4.69) is 32.2 Å². The fourth-order valence-corrected chi connectivity index (χ4v) is 2.85. The van der Waals surface area contributed by atoms with E-state index < -0.39 is 0 Å². The standard InChI is InChI=1S/C17H25ClN2O/c1-4-17(2,3)11-16(21)20-9-8-19-12-15(20)13-6-5-7-14(18)10-13/h5-7,10,15,19H,4,8-9,11-12H2,1-3H3. The SMILES string of the molecule is CCC(C)(C)CC(=O)N1CCNCC1c1cccc(Cl)c1. The molecule has 0 radical (unpaired) electrons. The number of nitrogens with zero attached hydrogens (tertiary/aromatic N) is 1. The molecule has 0 aliphatic carbocycles. The summed E-state index contributed by atoms with van der Waals surface area (Å²) in [6, 6.07) is 7.91. The van der Waals surface area contributed by atoms with Gasteiger partial charge in [-0.3, -0.25) is 4.79 Å². The Kier molecular flexibility index (Phi) is 5.28. The van der Waals surface area contributed by atoms with Gasteiger partial charge in [-0.2, -0.15) is 0 Å². The highest BCUT2D eigenvalue weighted by Gasteiger charge is 2.31. The van der Waals surface area contributed by atoms with Gasteiger partial charge in [0.15, 0.2) is 0 Å². The number of carbonyl (C=O) groups excluding carboxylic acids is 1. The highest BCUT2D eigenvalue weighted by molar-refractivity contribution is 6.30. The van der Waals surface area contributed by atoms with Gasteiger partial charge in [0.1, 0.15) is 0 Å². The van der Waals surface area contributed by atoms with Gasteiger partial charge in [-0.15, -0.1) is 0 Å². The Labute approximate surface area is 132 Å². The van der Waals surface area contributed by atoms with Crippen LogP contribution in [0.25, 0.3) is 0 Å². The predicted octanol–water partition coefficient (Wildman–Crippen LogP) is 3.64. The molecule has 0 aromatic heterocycles. The Hall–Kier alpha value is -1.06. The summed E-state index contributed by atoms with van der Waals surface area (Å²) in [5.41, 5.74) is 1.17. The van der Waals surface area contributed by atoms with Crippen molar-refractivity contribution in [1.29, 1.82) is 0 Å². The van der Waals surface area contributed by atoms with E-state index in [9.17, 15) is 4.79 Å². The maximum atomic E-state index is 12.7. The van der Waals surface area contributed by atoms with Gasteiger partial charge in [0.25, 0.3) is 0 Å². The van der Waals surface area contributed by atoms with Gasteiger partial charge >= 0.3 is 0 Å².